The van der Waals surface area contributed by atoms with Gasteiger partial charge in [0.2, 0.25) is 5.95 Å². The van der Waals surface area contributed by atoms with Crippen LogP contribution < -0.4 is 20.7 Å². The minimum absolute atomic E-state index is 0.222. The molecule has 1 saturated heterocycles. The Hall–Kier alpha value is -4.15. The molecule has 3 N–H and O–H groups in total. The van der Waals surface area contributed by atoms with Crippen LogP contribution in [0.2, 0.25) is 0 Å². The van der Waals surface area contributed by atoms with Gasteiger partial charge in [-0.25, -0.2) is 9.31 Å². The van der Waals surface area contributed by atoms with E-state index in [4.69, 9.17) is 9.47 Å². The van der Waals surface area contributed by atoms with Crippen LogP contribution in [0, 0.1) is 0 Å². The van der Waals surface area contributed by atoms with Gasteiger partial charge in [0, 0.05) is 43.6 Å². The second kappa shape index (κ2) is 11.7. The smallest absolute Gasteiger partial charge is 0.319 e. The summed E-state index contributed by atoms with van der Waals surface area (Å²) in [6, 6.07) is 19.1. The molecular weight excluding hydrogens is 470 g/mol. The Kier molecular flexibility index (Phi) is 7.78. The van der Waals surface area contributed by atoms with Crippen molar-refractivity contribution in [3.63, 3.8) is 0 Å². The lowest BCUT2D eigenvalue weighted by Crippen LogP contribution is -2.42. The number of pyridine rings is 1. The molecule has 10 heteroatoms. The van der Waals surface area contributed by atoms with Crippen molar-refractivity contribution >= 4 is 29.0 Å². The van der Waals surface area contributed by atoms with E-state index in [0.717, 1.165) is 61.1 Å². The van der Waals surface area contributed by atoms with Crippen LogP contribution in [-0.4, -0.2) is 71.5 Å². The maximum atomic E-state index is 12.4. The first-order chi connectivity index (χ1) is 18.2. The molecule has 1 fully saturated rings. The summed E-state index contributed by atoms with van der Waals surface area (Å²) in [5.74, 6) is 1.23. The van der Waals surface area contributed by atoms with Gasteiger partial charge < -0.3 is 25.4 Å². The van der Waals surface area contributed by atoms with E-state index < -0.39 is 0 Å². The van der Waals surface area contributed by atoms with Gasteiger partial charge in [0.25, 0.3) is 0 Å². The third kappa shape index (κ3) is 6.35. The van der Waals surface area contributed by atoms with Crippen LogP contribution in [-0.2, 0) is 4.74 Å². The average Bonchev–Trinajstić information content (AvgIpc) is 3.32. The van der Waals surface area contributed by atoms with Gasteiger partial charge in [-0.3, -0.25) is 4.90 Å². The Bertz CT molecular complexity index is 1350. The van der Waals surface area contributed by atoms with E-state index in [9.17, 15) is 4.79 Å². The van der Waals surface area contributed by atoms with Gasteiger partial charge in [-0.1, -0.05) is 24.3 Å². The summed E-state index contributed by atoms with van der Waals surface area (Å²) < 4.78 is 12.8. The van der Waals surface area contributed by atoms with E-state index in [1.807, 2.05) is 73.8 Å². The Morgan fingerprint density at radius 2 is 1.92 bits per heavy atom. The lowest BCUT2D eigenvalue weighted by Gasteiger charge is -2.26. The van der Waals surface area contributed by atoms with Crippen LogP contribution in [0.15, 0.2) is 66.9 Å². The molecule has 0 saturated carbocycles. The molecule has 0 aliphatic carbocycles. The number of aromatic nitrogens is 3. The highest BCUT2D eigenvalue weighted by atomic mass is 16.5. The molecule has 10 nitrogen and oxygen atoms in total. The Balaban J connectivity index is 1.23. The second-order valence-electron chi connectivity index (χ2n) is 8.63. The van der Waals surface area contributed by atoms with Crippen LogP contribution in [0.5, 0.6) is 5.75 Å². The Labute approximate surface area is 215 Å². The summed E-state index contributed by atoms with van der Waals surface area (Å²) in [7, 11) is 0. The van der Waals surface area contributed by atoms with Crippen molar-refractivity contribution in [2.45, 2.75) is 6.92 Å². The van der Waals surface area contributed by atoms with Gasteiger partial charge >= 0.3 is 6.03 Å². The number of carbonyl (C=O) groups excluding carboxylic acids is 1. The van der Waals surface area contributed by atoms with Crippen LogP contribution in [0.4, 0.5) is 22.1 Å². The predicted octanol–water partition coefficient (Wildman–Crippen LogP) is 3.99. The fraction of sp³-hybridized carbons (Fsp3) is 0.296. The Morgan fingerprint density at radius 1 is 1.05 bits per heavy atom. The van der Waals surface area contributed by atoms with Gasteiger partial charge in [0.15, 0.2) is 5.65 Å². The summed E-state index contributed by atoms with van der Waals surface area (Å²) in [6.45, 7) is 7.22. The highest BCUT2D eigenvalue weighted by molar-refractivity contribution is 5.90. The molecule has 0 radical (unpaired) electrons. The minimum Gasteiger partial charge on any atom is -0.492 e. The summed E-state index contributed by atoms with van der Waals surface area (Å²) >= 11 is 0. The SMILES string of the molecule is CCOc1ccccc1Nc1nc2ccc(-c3cccc(NC(=O)NCCN4CCOCC4)c3)cn2n1. The fourth-order valence-electron chi connectivity index (χ4n) is 4.18. The highest BCUT2D eigenvalue weighted by Crippen LogP contribution is 2.27. The minimum atomic E-state index is -0.222. The summed E-state index contributed by atoms with van der Waals surface area (Å²) in [4.78, 5) is 19.2. The second-order valence-corrected chi connectivity index (χ2v) is 8.63. The van der Waals surface area contributed by atoms with Gasteiger partial charge in [-0.05, 0) is 48.9 Å². The number of nitrogens with zero attached hydrogens (tertiary/aromatic N) is 4. The van der Waals surface area contributed by atoms with Crippen LogP contribution in [0.1, 0.15) is 6.92 Å². The molecule has 0 unspecified atom stereocenters. The quantitative estimate of drug-likeness (QED) is 0.318. The molecule has 2 aromatic heterocycles. The molecule has 192 valence electrons. The van der Waals surface area contributed by atoms with Crippen molar-refractivity contribution in [2.24, 2.45) is 0 Å². The van der Waals surface area contributed by atoms with Crippen molar-refractivity contribution < 1.29 is 14.3 Å². The number of anilines is 3. The van der Waals surface area contributed by atoms with Crippen molar-refractivity contribution in [3.8, 4) is 16.9 Å². The number of hydrogen-bond donors (Lipinski definition) is 3. The molecule has 0 bridgehead atoms. The molecule has 3 heterocycles. The zero-order valence-corrected chi connectivity index (χ0v) is 20.8. The van der Waals surface area contributed by atoms with Gasteiger partial charge in [0.1, 0.15) is 5.75 Å². The first-order valence-corrected chi connectivity index (χ1v) is 12.5. The molecule has 1 aliphatic heterocycles. The van der Waals surface area contributed by atoms with Crippen molar-refractivity contribution in [2.75, 3.05) is 56.6 Å². The predicted molar refractivity (Wildman–Crippen MR) is 144 cm³/mol. The molecule has 0 spiro atoms. The largest absolute Gasteiger partial charge is 0.492 e. The first kappa shape index (κ1) is 24.5. The van der Waals surface area contributed by atoms with E-state index in [2.05, 4.69) is 30.9 Å². The van der Waals surface area contributed by atoms with Crippen molar-refractivity contribution in [1.82, 2.24) is 24.8 Å². The number of fused-ring (bicyclic) bond motifs is 1. The van der Waals surface area contributed by atoms with Crippen LogP contribution in [0.25, 0.3) is 16.8 Å². The van der Waals surface area contributed by atoms with Gasteiger partial charge in [0.05, 0.1) is 25.5 Å². The molecule has 1 aliphatic rings. The maximum absolute atomic E-state index is 12.4. The van der Waals surface area contributed by atoms with Gasteiger partial charge in [-0.2, -0.15) is 4.98 Å². The number of morpholine rings is 1. The number of carbonyl (C=O) groups is 1. The highest BCUT2D eigenvalue weighted by Gasteiger charge is 2.11. The number of rotatable bonds is 9. The normalized spacial score (nSPS) is 13.9. The summed E-state index contributed by atoms with van der Waals surface area (Å²) in [5, 5.41) is 13.7. The van der Waals surface area contributed by atoms with E-state index >= 15 is 0 Å². The lowest BCUT2D eigenvalue weighted by molar-refractivity contribution is 0.0388. The maximum Gasteiger partial charge on any atom is 0.319 e. The van der Waals surface area contributed by atoms with Crippen molar-refractivity contribution in [3.05, 3.63) is 66.9 Å². The average molecular weight is 502 g/mol. The number of benzene rings is 2. The number of nitrogens with one attached hydrogen (secondary N) is 3. The van der Waals surface area contributed by atoms with E-state index in [1.165, 1.54) is 0 Å². The Morgan fingerprint density at radius 3 is 2.78 bits per heavy atom. The topological polar surface area (TPSA) is 105 Å². The number of para-hydroxylation sites is 2. The zero-order valence-electron chi connectivity index (χ0n) is 20.8. The molecule has 2 aromatic carbocycles. The van der Waals surface area contributed by atoms with E-state index in [0.29, 0.717) is 24.7 Å². The number of ether oxygens (including phenoxy) is 2. The fourth-order valence-corrected chi connectivity index (χ4v) is 4.18. The molecule has 4 aromatic rings. The van der Waals surface area contributed by atoms with Crippen molar-refractivity contribution in [1.29, 1.82) is 0 Å². The number of amides is 2. The monoisotopic (exact) mass is 501 g/mol. The third-order valence-corrected chi connectivity index (χ3v) is 6.04. The number of urea groups is 1. The zero-order chi connectivity index (χ0) is 25.5. The van der Waals surface area contributed by atoms with E-state index in [-0.39, 0.29) is 6.03 Å². The van der Waals surface area contributed by atoms with Crippen LogP contribution in [0.3, 0.4) is 0 Å². The summed E-state index contributed by atoms with van der Waals surface area (Å²) in [6.07, 6.45) is 1.92. The molecule has 5 rings (SSSR count). The van der Waals surface area contributed by atoms with Gasteiger partial charge in [-0.15, -0.1) is 5.10 Å². The first-order valence-electron chi connectivity index (χ1n) is 12.5. The van der Waals surface area contributed by atoms with E-state index in [1.54, 1.807) is 4.52 Å². The molecule has 2 amide bonds. The molecule has 0 atom stereocenters. The standard InChI is InChI=1S/C27H31N7O3/c1-2-37-24-9-4-3-8-23(24)30-26-31-25-11-10-21(19-34(25)32-26)20-6-5-7-22(18-20)29-27(35)28-12-13-33-14-16-36-17-15-33/h3-11,18-19H,2,12-17H2,1H3,(H,30,32)(H2,28,29,35). The summed E-state index contributed by atoms with van der Waals surface area (Å²) in [5.41, 5.74) is 4.15. The molecule has 37 heavy (non-hydrogen) atoms. The third-order valence-electron chi connectivity index (χ3n) is 6.04. The van der Waals surface area contributed by atoms with Crippen LogP contribution >= 0.6 is 0 Å². The molecular formula is C27H31N7O3. The lowest BCUT2D eigenvalue weighted by atomic mass is 10.1. The number of hydrogen-bond acceptors (Lipinski definition) is 7.